The van der Waals surface area contributed by atoms with E-state index in [0.717, 1.165) is 4.90 Å². The molecule has 3 aromatic rings. The number of rotatable bonds is 7. The Morgan fingerprint density at radius 3 is 2.50 bits per heavy atom. The predicted octanol–water partition coefficient (Wildman–Crippen LogP) is 3.91. The summed E-state index contributed by atoms with van der Waals surface area (Å²) in [6.07, 6.45) is 0.0486. The zero-order valence-electron chi connectivity index (χ0n) is 18.4. The lowest BCUT2D eigenvalue weighted by atomic mass is 10.2. The molecule has 0 aliphatic carbocycles. The fourth-order valence-corrected chi connectivity index (χ4v) is 3.92. The molecule has 172 valence electrons. The molecule has 1 aliphatic heterocycles. The van der Waals surface area contributed by atoms with Crippen LogP contribution in [0.4, 0.5) is 11.4 Å². The molecule has 2 N–H and O–H groups in total. The van der Waals surface area contributed by atoms with E-state index in [2.05, 4.69) is 15.7 Å². The maximum absolute atomic E-state index is 12.4. The second-order valence-corrected chi connectivity index (χ2v) is 8.36. The first-order valence-corrected chi connectivity index (χ1v) is 11.4. The van der Waals surface area contributed by atoms with Gasteiger partial charge in [-0.3, -0.25) is 14.4 Å². The average Bonchev–Trinajstić information content (AvgIpc) is 3.23. The maximum atomic E-state index is 12.4. The molecule has 1 heterocycles. The van der Waals surface area contributed by atoms with Crippen molar-refractivity contribution in [1.82, 2.24) is 5.32 Å². The smallest absolute Gasteiger partial charge is 0.255 e. The minimum absolute atomic E-state index is 0.0486. The van der Waals surface area contributed by atoms with Crippen molar-refractivity contribution in [3.8, 4) is 5.75 Å². The molecular weight excluding hydrogens is 452 g/mol. The third-order valence-electron chi connectivity index (χ3n) is 4.87. The van der Waals surface area contributed by atoms with Crippen LogP contribution < -0.4 is 20.4 Å². The predicted molar refractivity (Wildman–Crippen MR) is 132 cm³/mol. The van der Waals surface area contributed by atoms with Crippen molar-refractivity contribution in [3.63, 3.8) is 0 Å². The second kappa shape index (κ2) is 10.7. The molecule has 0 atom stereocenters. The van der Waals surface area contributed by atoms with Crippen LogP contribution in [0.3, 0.4) is 0 Å². The van der Waals surface area contributed by atoms with Crippen LogP contribution in [-0.4, -0.2) is 36.4 Å². The Bertz CT molecular complexity index is 1230. The standard InChI is InChI=1S/C25H22N4O4S/c1-33-20-9-5-6-17(14-20)25(32)26-18-10-12-21(13-11-18)34-16-23(30)27-22-15-24(31)29(28-22)19-7-3-2-4-8-19/h2-14H,15-16H2,1H3,(H,26,32)(H,27,28,30). The van der Waals surface area contributed by atoms with E-state index < -0.39 is 0 Å². The number of nitrogens with zero attached hydrogens (tertiary/aromatic N) is 2. The molecule has 34 heavy (non-hydrogen) atoms. The number of hydrogen-bond donors (Lipinski definition) is 2. The SMILES string of the molecule is COc1cccc(C(=O)Nc2ccc(SCC(=O)NC3=NN(c4ccccc4)C(=O)C3)cc2)c1. The number of hydrogen-bond acceptors (Lipinski definition) is 6. The summed E-state index contributed by atoms with van der Waals surface area (Å²) in [6, 6.07) is 23.2. The van der Waals surface area contributed by atoms with Crippen molar-refractivity contribution in [2.45, 2.75) is 11.3 Å². The number of carbonyl (C=O) groups is 3. The zero-order valence-corrected chi connectivity index (χ0v) is 19.2. The normalized spacial score (nSPS) is 12.8. The highest BCUT2D eigenvalue weighted by atomic mass is 32.2. The lowest BCUT2D eigenvalue weighted by Gasteiger charge is -2.10. The largest absolute Gasteiger partial charge is 0.497 e. The van der Waals surface area contributed by atoms with Crippen LogP contribution in [0.2, 0.25) is 0 Å². The second-order valence-electron chi connectivity index (χ2n) is 7.31. The Hall–Kier alpha value is -4.11. The summed E-state index contributed by atoms with van der Waals surface area (Å²) in [7, 11) is 1.55. The van der Waals surface area contributed by atoms with Crippen LogP contribution in [0.5, 0.6) is 5.75 Å². The molecule has 0 spiro atoms. The van der Waals surface area contributed by atoms with Crippen molar-refractivity contribution in [3.05, 3.63) is 84.4 Å². The van der Waals surface area contributed by atoms with Gasteiger partial charge in [-0.05, 0) is 54.6 Å². The highest BCUT2D eigenvalue weighted by Gasteiger charge is 2.26. The molecule has 0 radical (unpaired) electrons. The van der Waals surface area contributed by atoms with Gasteiger partial charge >= 0.3 is 0 Å². The number of nitrogens with one attached hydrogen (secondary N) is 2. The van der Waals surface area contributed by atoms with Gasteiger partial charge in [-0.2, -0.15) is 10.1 Å². The number of thioether (sulfide) groups is 1. The molecule has 0 fully saturated rings. The number of amidine groups is 1. The molecule has 0 saturated heterocycles. The third kappa shape index (κ3) is 5.81. The van der Waals surface area contributed by atoms with E-state index in [0.29, 0.717) is 28.5 Å². The van der Waals surface area contributed by atoms with Crippen LogP contribution in [0.25, 0.3) is 0 Å². The van der Waals surface area contributed by atoms with E-state index >= 15 is 0 Å². The lowest BCUT2D eigenvalue weighted by Crippen LogP contribution is -2.31. The molecule has 0 aromatic heterocycles. The average molecular weight is 475 g/mol. The molecule has 0 saturated carbocycles. The van der Waals surface area contributed by atoms with Gasteiger partial charge in [0.15, 0.2) is 0 Å². The number of carbonyl (C=O) groups excluding carboxylic acids is 3. The number of ether oxygens (including phenoxy) is 1. The van der Waals surface area contributed by atoms with Gasteiger partial charge in [-0.15, -0.1) is 11.8 Å². The molecule has 8 nitrogen and oxygen atoms in total. The van der Waals surface area contributed by atoms with Gasteiger partial charge in [0.05, 0.1) is 25.0 Å². The molecule has 3 aromatic carbocycles. The number of amides is 3. The molecule has 3 amide bonds. The minimum atomic E-state index is -0.248. The van der Waals surface area contributed by atoms with Gasteiger partial charge < -0.3 is 15.4 Å². The Balaban J connectivity index is 1.27. The molecule has 0 bridgehead atoms. The quantitative estimate of drug-likeness (QED) is 0.506. The Labute approximate surface area is 201 Å². The van der Waals surface area contributed by atoms with E-state index in [9.17, 15) is 14.4 Å². The number of methoxy groups -OCH3 is 1. The van der Waals surface area contributed by atoms with Crippen molar-refractivity contribution >= 4 is 46.7 Å². The van der Waals surface area contributed by atoms with Crippen molar-refractivity contribution in [2.75, 3.05) is 23.2 Å². The molecule has 1 aliphatic rings. The molecule has 4 rings (SSSR count). The van der Waals surface area contributed by atoms with E-state index in [1.54, 1.807) is 55.6 Å². The summed E-state index contributed by atoms with van der Waals surface area (Å²) in [5, 5.41) is 11.1. The Kier molecular flexibility index (Phi) is 7.24. The van der Waals surface area contributed by atoms with Crippen molar-refractivity contribution in [1.29, 1.82) is 0 Å². The highest BCUT2D eigenvalue weighted by Crippen LogP contribution is 2.22. The lowest BCUT2D eigenvalue weighted by molar-refractivity contribution is -0.117. The van der Waals surface area contributed by atoms with Gasteiger partial charge in [-0.25, -0.2) is 0 Å². The topological polar surface area (TPSA) is 100 Å². The van der Waals surface area contributed by atoms with Crippen molar-refractivity contribution in [2.24, 2.45) is 5.10 Å². The van der Waals surface area contributed by atoms with Gasteiger partial charge in [-0.1, -0.05) is 24.3 Å². The molecule has 9 heteroatoms. The summed E-state index contributed by atoms with van der Waals surface area (Å²) in [4.78, 5) is 37.8. The van der Waals surface area contributed by atoms with Gasteiger partial charge in [0.1, 0.15) is 11.6 Å². The van der Waals surface area contributed by atoms with Crippen LogP contribution in [0, 0.1) is 0 Å². The van der Waals surface area contributed by atoms with E-state index in [-0.39, 0.29) is 29.9 Å². The molecular formula is C25H22N4O4S. The van der Waals surface area contributed by atoms with Crippen LogP contribution in [0.15, 0.2) is 88.9 Å². The summed E-state index contributed by atoms with van der Waals surface area (Å²) in [6.45, 7) is 0. The van der Waals surface area contributed by atoms with Crippen LogP contribution in [-0.2, 0) is 9.59 Å². The third-order valence-corrected chi connectivity index (χ3v) is 5.89. The summed E-state index contributed by atoms with van der Waals surface area (Å²) in [5.74, 6) is 0.416. The number of hydrazone groups is 1. The van der Waals surface area contributed by atoms with Gasteiger partial charge in [0.2, 0.25) is 5.91 Å². The maximum Gasteiger partial charge on any atom is 0.255 e. The highest BCUT2D eigenvalue weighted by molar-refractivity contribution is 8.00. The first-order valence-electron chi connectivity index (χ1n) is 10.5. The van der Waals surface area contributed by atoms with Gasteiger partial charge in [0, 0.05) is 16.1 Å². The Morgan fingerprint density at radius 2 is 1.76 bits per heavy atom. The van der Waals surface area contributed by atoms with Gasteiger partial charge in [0.25, 0.3) is 11.8 Å². The first-order chi connectivity index (χ1) is 16.5. The number of anilines is 2. The van der Waals surface area contributed by atoms with Crippen LogP contribution >= 0.6 is 11.8 Å². The molecule has 0 unspecified atom stereocenters. The van der Waals surface area contributed by atoms with Crippen LogP contribution in [0.1, 0.15) is 16.8 Å². The monoisotopic (exact) mass is 474 g/mol. The first kappa shape index (κ1) is 23.1. The minimum Gasteiger partial charge on any atom is -0.497 e. The summed E-state index contributed by atoms with van der Waals surface area (Å²) < 4.78 is 5.15. The zero-order chi connectivity index (χ0) is 23.9. The van der Waals surface area contributed by atoms with E-state index in [1.165, 1.54) is 16.8 Å². The number of benzene rings is 3. The van der Waals surface area contributed by atoms with E-state index in [4.69, 9.17) is 4.74 Å². The van der Waals surface area contributed by atoms with E-state index in [1.807, 2.05) is 30.3 Å². The summed E-state index contributed by atoms with van der Waals surface area (Å²) >= 11 is 1.34. The van der Waals surface area contributed by atoms with Crippen molar-refractivity contribution < 1.29 is 19.1 Å². The fourth-order valence-electron chi connectivity index (χ4n) is 3.22. The fraction of sp³-hybridized carbons (Fsp3) is 0.120. The summed E-state index contributed by atoms with van der Waals surface area (Å²) in [5.41, 5.74) is 1.79. The Morgan fingerprint density at radius 1 is 1.00 bits per heavy atom. The number of para-hydroxylation sites is 1.